The maximum atomic E-state index is 12.5. The molecule has 2 aliphatic heterocycles. The van der Waals surface area contributed by atoms with Gasteiger partial charge < -0.3 is 9.08 Å². The molecule has 0 radical (unpaired) electrons. The number of nitrogens with zero attached hydrogens (tertiary/aromatic N) is 3. The Balaban J connectivity index is 1.17. The number of benzene rings is 3. The number of carbonyl (C=O) groups is 1. The van der Waals surface area contributed by atoms with Gasteiger partial charge in [0.25, 0.3) is 5.91 Å². The van der Waals surface area contributed by atoms with Gasteiger partial charge in [0.1, 0.15) is 10.6 Å². The largest absolute Gasteiger partial charge is 0.379 e. The summed E-state index contributed by atoms with van der Waals surface area (Å²) in [4.78, 5) is 22.0. The van der Waals surface area contributed by atoms with Gasteiger partial charge in [-0.05, 0) is 53.2 Å². The topological polar surface area (TPSA) is 79.3 Å². The van der Waals surface area contributed by atoms with Crippen LogP contribution in [0.3, 0.4) is 0 Å². The van der Waals surface area contributed by atoms with Crippen LogP contribution < -0.4 is 4.18 Å². The molecule has 7 nitrogen and oxygen atoms in total. The van der Waals surface area contributed by atoms with Crippen molar-refractivity contribution in [1.82, 2.24) is 9.80 Å². The Kier molecular flexibility index (Phi) is 7.22. The molecule has 0 aliphatic carbocycles. The fraction of sp³-hybridized carbons (Fsp3) is 0.185. The summed E-state index contributed by atoms with van der Waals surface area (Å²) < 4.78 is 30.0. The molecule has 0 bridgehead atoms. The van der Waals surface area contributed by atoms with Crippen molar-refractivity contribution < 1.29 is 17.4 Å². The Morgan fingerprint density at radius 1 is 0.861 bits per heavy atom. The van der Waals surface area contributed by atoms with Gasteiger partial charge >= 0.3 is 10.1 Å². The van der Waals surface area contributed by atoms with E-state index in [0.29, 0.717) is 4.91 Å². The first-order chi connectivity index (χ1) is 17.5. The molecule has 2 heterocycles. The highest BCUT2D eigenvalue weighted by atomic mass is 32.2. The number of rotatable bonds is 6. The molecule has 0 atom stereocenters. The summed E-state index contributed by atoms with van der Waals surface area (Å²) in [7, 11) is -3.90. The molecule has 0 unspecified atom stereocenters. The zero-order chi connectivity index (χ0) is 25.0. The predicted molar refractivity (Wildman–Crippen MR) is 142 cm³/mol. The van der Waals surface area contributed by atoms with E-state index in [1.165, 1.54) is 29.5 Å². The quantitative estimate of drug-likeness (QED) is 0.356. The molecule has 1 amide bonds. The van der Waals surface area contributed by atoms with Crippen LogP contribution in [0.1, 0.15) is 11.1 Å². The van der Waals surface area contributed by atoms with Gasteiger partial charge in [0.2, 0.25) is 0 Å². The molecular formula is C27H25N3O4S2. The van der Waals surface area contributed by atoms with Crippen LogP contribution in [0.15, 0.2) is 99.7 Å². The lowest BCUT2D eigenvalue weighted by atomic mass is 10.2. The zero-order valence-corrected chi connectivity index (χ0v) is 21.1. The third-order valence-electron chi connectivity index (χ3n) is 5.92. The maximum absolute atomic E-state index is 12.5. The van der Waals surface area contributed by atoms with Crippen molar-refractivity contribution in [2.75, 3.05) is 26.2 Å². The molecule has 1 fully saturated rings. The lowest BCUT2D eigenvalue weighted by Crippen LogP contribution is -2.47. The van der Waals surface area contributed by atoms with Gasteiger partial charge in [-0.25, -0.2) is 0 Å². The normalized spacial score (nSPS) is 17.9. The van der Waals surface area contributed by atoms with Crippen molar-refractivity contribution >= 4 is 39.0 Å². The summed E-state index contributed by atoms with van der Waals surface area (Å²) >= 11 is 1.38. The highest BCUT2D eigenvalue weighted by Gasteiger charge is 2.28. The summed E-state index contributed by atoms with van der Waals surface area (Å²) in [5, 5.41) is 0.736. The fourth-order valence-corrected chi connectivity index (χ4v) is 5.92. The second-order valence-corrected chi connectivity index (χ2v) is 11.0. The molecule has 0 aromatic heterocycles. The van der Waals surface area contributed by atoms with Crippen molar-refractivity contribution in [3.05, 3.63) is 101 Å². The van der Waals surface area contributed by atoms with Gasteiger partial charge in [-0.15, -0.1) is 0 Å². The molecule has 3 aromatic rings. The highest BCUT2D eigenvalue weighted by molar-refractivity contribution is 8.18. The van der Waals surface area contributed by atoms with E-state index in [1.54, 1.807) is 48.5 Å². The van der Waals surface area contributed by atoms with E-state index < -0.39 is 10.1 Å². The van der Waals surface area contributed by atoms with E-state index in [2.05, 4.69) is 39.1 Å². The Hall–Kier alpha value is -3.40. The number of carbonyl (C=O) groups excluding carboxylic acids is 1. The van der Waals surface area contributed by atoms with Gasteiger partial charge in [-0.2, -0.15) is 13.4 Å². The van der Waals surface area contributed by atoms with Crippen molar-refractivity contribution in [3.63, 3.8) is 0 Å². The van der Waals surface area contributed by atoms with E-state index in [-0.39, 0.29) is 16.6 Å². The van der Waals surface area contributed by atoms with Crippen LogP contribution in [0.2, 0.25) is 0 Å². The van der Waals surface area contributed by atoms with E-state index in [1.807, 2.05) is 6.07 Å². The minimum Gasteiger partial charge on any atom is -0.379 e. The van der Waals surface area contributed by atoms with Crippen LogP contribution in [0.25, 0.3) is 6.08 Å². The van der Waals surface area contributed by atoms with Crippen LogP contribution in [0, 0.1) is 0 Å². The monoisotopic (exact) mass is 519 g/mol. The number of amides is 1. The van der Waals surface area contributed by atoms with Crippen molar-refractivity contribution in [1.29, 1.82) is 0 Å². The van der Waals surface area contributed by atoms with Gasteiger partial charge in [-0.3, -0.25) is 9.69 Å². The van der Waals surface area contributed by atoms with Crippen LogP contribution in [0.5, 0.6) is 5.75 Å². The Bertz CT molecular complexity index is 1380. The average molecular weight is 520 g/mol. The lowest BCUT2D eigenvalue weighted by molar-refractivity contribution is -0.113. The second kappa shape index (κ2) is 10.7. The smallest absolute Gasteiger partial charge is 0.339 e. The summed E-state index contributed by atoms with van der Waals surface area (Å²) in [6.07, 6.45) is 1.77. The molecule has 0 saturated carbocycles. The first-order valence-corrected chi connectivity index (χ1v) is 13.8. The Morgan fingerprint density at radius 2 is 1.50 bits per heavy atom. The maximum Gasteiger partial charge on any atom is 0.339 e. The van der Waals surface area contributed by atoms with Crippen LogP contribution >= 0.6 is 11.8 Å². The second-order valence-electron chi connectivity index (χ2n) is 8.48. The van der Waals surface area contributed by atoms with Crippen molar-refractivity contribution in [3.8, 4) is 5.75 Å². The SMILES string of the molecule is O=C1N=C(N2CCN(Cc3ccccc3)CC2)SC1=Cc1ccc(OS(=O)(=O)c2ccccc2)cc1. The van der Waals surface area contributed by atoms with Crippen LogP contribution in [-0.4, -0.2) is 55.5 Å². The highest BCUT2D eigenvalue weighted by Crippen LogP contribution is 2.31. The number of piperazine rings is 1. The van der Waals surface area contributed by atoms with Gasteiger partial charge in [-0.1, -0.05) is 60.7 Å². The Morgan fingerprint density at radius 3 is 2.17 bits per heavy atom. The molecule has 0 spiro atoms. The van der Waals surface area contributed by atoms with Gasteiger partial charge in [0.15, 0.2) is 5.17 Å². The number of hydrogen-bond acceptors (Lipinski definition) is 7. The molecule has 1 saturated heterocycles. The molecule has 2 aliphatic rings. The first kappa shape index (κ1) is 24.3. The summed E-state index contributed by atoms with van der Waals surface area (Å²) in [6, 6.07) is 25.0. The summed E-state index contributed by atoms with van der Waals surface area (Å²) in [5.41, 5.74) is 2.06. The van der Waals surface area contributed by atoms with E-state index in [9.17, 15) is 13.2 Å². The fourth-order valence-electron chi connectivity index (χ4n) is 4.01. The van der Waals surface area contributed by atoms with Gasteiger partial charge in [0, 0.05) is 32.7 Å². The number of hydrogen-bond donors (Lipinski definition) is 0. The molecule has 184 valence electrons. The molecule has 9 heteroatoms. The first-order valence-electron chi connectivity index (χ1n) is 11.6. The molecule has 3 aromatic carbocycles. The van der Waals surface area contributed by atoms with E-state index in [0.717, 1.165) is 43.5 Å². The van der Waals surface area contributed by atoms with Crippen molar-refractivity contribution in [2.24, 2.45) is 4.99 Å². The van der Waals surface area contributed by atoms with Crippen LogP contribution in [-0.2, 0) is 21.5 Å². The Labute approximate surface area is 215 Å². The third kappa shape index (κ3) is 5.87. The van der Waals surface area contributed by atoms with Crippen LogP contribution in [0.4, 0.5) is 0 Å². The van der Waals surface area contributed by atoms with Crippen molar-refractivity contribution in [2.45, 2.75) is 11.4 Å². The third-order valence-corrected chi connectivity index (χ3v) is 8.22. The minimum absolute atomic E-state index is 0.0923. The standard InChI is InChI=1S/C27H25N3O4S2/c31-26-25(19-21-11-13-23(14-12-21)34-36(32,33)24-9-5-2-6-10-24)35-27(28-26)30-17-15-29(16-18-30)20-22-7-3-1-4-8-22/h1-14,19H,15-18,20H2. The number of thioether (sulfide) groups is 1. The predicted octanol–water partition coefficient (Wildman–Crippen LogP) is 4.24. The molecular weight excluding hydrogens is 494 g/mol. The number of aliphatic imine (C=N–C) groups is 1. The van der Waals surface area contributed by atoms with E-state index in [4.69, 9.17) is 4.18 Å². The summed E-state index contributed by atoms with van der Waals surface area (Å²) in [6.45, 7) is 4.39. The summed E-state index contributed by atoms with van der Waals surface area (Å²) in [5.74, 6) is -0.0505. The number of amidine groups is 1. The van der Waals surface area contributed by atoms with E-state index >= 15 is 0 Å². The van der Waals surface area contributed by atoms with Gasteiger partial charge in [0.05, 0.1) is 4.91 Å². The molecule has 36 heavy (non-hydrogen) atoms. The average Bonchev–Trinajstić information content (AvgIpc) is 3.26. The molecule has 0 N–H and O–H groups in total. The lowest BCUT2D eigenvalue weighted by Gasteiger charge is -2.35. The zero-order valence-electron chi connectivity index (χ0n) is 19.5. The minimum atomic E-state index is -3.90. The molecule has 5 rings (SSSR count).